The number of piperidine rings is 1. The molecular formula is C12H16BrF3N2S. The Balaban J connectivity index is 1.69. The fraction of sp³-hybridized carbons (Fsp3) is 0.667. The molecule has 0 amide bonds. The van der Waals surface area contributed by atoms with Crippen LogP contribution < -0.4 is 5.32 Å². The summed E-state index contributed by atoms with van der Waals surface area (Å²) in [5.74, 6) is 0. The summed E-state index contributed by atoms with van der Waals surface area (Å²) in [5.41, 5.74) is 0. The Morgan fingerprint density at radius 2 is 2.05 bits per heavy atom. The van der Waals surface area contributed by atoms with Crippen LogP contribution in [0.1, 0.15) is 17.7 Å². The van der Waals surface area contributed by atoms with E-state index < -0.39 is 12.7 Å². The van der Waals surface area contributed by atoms with Crippen LogP contribution in [0.25, 0.3) is 0 Å². The van der Waals surface area contributed by atoms with E-state index in [9.17, 15) is 13.2 Å². The lowest BCUT2D eigenvalue weighted by molar-refractivity contribution is -0.148. The summed E-state index contributed by atoms with van der Waals surface area (Å²) >= 11 is 5.08. The lowest BCUT2D eigenvalue weighted by Crippen LogP contribution is -2.45. The van der Waals surface area contributed by atoms with Crippen LogP contribution in [-0.4, -0.2) is 36.8 Å². The molecule has 0 bridgehead atoms. The minimum atomic E-state index is -4.08. The number of alkyl halides is 3. The van der Waals surface area contributed by atoms with Crippen molar-refractivity contribution in [3.05, 3.63) is 20.8 Å². The fourth-order valence-corrected chi connectivity index (χ4v) is 3.64. The summed E-state index contributed by atoms with van der Waals surface area (Å²) in [4.78, 5) is 2.73. The molecule has 0 spiro atoms. The van der Waals surface area contributed by atoms with E-state index in [1.54, 1.807) is 11.3 Å². The molecule has 1 saturated heterocycles. The number of thiophene rings is 1. The average molecular weight is 357 g/mol. The monoisotopic (exact) mass is 356 g/mol. The Morgan fingerprint density at radius 1 is 1.37 bits per heavy atom. The van der Waals surface area contributed by atoms with Gasteiger partial charge in [0.05, 0.1) is 6.54 Å². The first-order valence-electron chi connectivity index (χ1n) is 6.18. The van der Waals surface area contributed by atoms with Crippen molar-refractivity contribution in [2.24, 2.45) is 0 Å². The van der Waals surface area contributed by atoms with Gasteiger partial charge < -0.3 is 5.32 Å². The Morgan fingerprint density at radius 3 is 2.58 bits per heavy atom. The molecule has 1 aliphatic rings. The van der Waals surface area contributed by atoms with Gasteiger partial charge >= 0.3 is 6.18 Å². The summed E-state index contributed by atoms with van der Waals surface area (Å²) in [7, 11) is 0. The van der Waals surface area contributed by atoms with E-state index in [0.29, 0.717) is 19.1 Å². The minimum Gasteiger partial charge on any atom is -0.309 e. The summed E-state index contributed by atoms with van der Waals surface area (Å²) in [6, 6.07) is 2.39. The van der Waals surface area contributed by atoms with Gasteiger partial charge in [0.1, 0.15) is 0 Å². The lowest BCUT2D eigenvalue weighted by atomic mass is 10.1. The van der Waals surface area contributed by atoms with Gasteiger partial charge in [-0.15, -0.1) is 11.3 Å². The molecule has 1 N–H and O–H groups in total. The van der Waals surface area contributed by atoms with Gasteiger partial charge in [0.25, 0.3) is 0 Å². The standard InChI is InChI=1S/C12H16BrF3N2S/c13-9-5-11(19-7-9)6-17-10-1-3-18(4-2-10)8-12(14,15)16/h5,7,10,17H,1-4,6,8H2. The lowest BCUT2D eigenvalue weighted by Gasteiger charge is -2.32. The summed E-state index contributed by atoms with van der Waals surface area (Å²) in [5, 5.41) is 5.45. The maximum Gasteiger partial charge on any atom is 0.401 e. The van der Waals surface area contributed by atoms with Crippen LogP contribution in [0.3, 0.4) is 0 Å². The number of rotatable bonds is 4. The number of nitrogens with zero attached hydrogens (tertiary/aromatic N) is 1. The summed E-state index contributed by atoms with van der Waals surface area (Å²) in [6.45, 7) is 1.05. The number of hydrogen-bond acceptors (Lipinski definition) is 3. The van der Waals surface area contributed by atoms with Gasteiger partial charge in [-0.05, 0) is 47.9 Å². The molecule has 0 atom stereocenters. The zero-order valence-electron chi connectivity index (χ0n) is 10.3. The van der Waals surface area contributed by atoms with Crippen LogP contribution in [-0.2, 0) is 6.54 Å². The molecule has 0 aliphatic carbocycles. The highest BCUT2D eigenvalue weighted by molar-refractivity contribution is 9.10. The zero-order chi connectivity index (χ0) is 13.9. The highest BCUT2D eigenvalue weighted by atomic mass is 79.9. The third-order valence-electron chi connectivity index (χ3n) is 3.18. The number of nitrogens with one attached hydrogen (secondary N) is 1. The van der Waals surface area contributed by atoms with Crippen molar-refractivity contribution in [3.8, 4) is 0 Å². The molecule has 2 rings (SSSR count). The molecule has 19 heavy (non-hydrogen) atoms. The van der Waals surface area contributed by atoms with Gasteiger partial charge in [0.2, 0.25) is 0 Å². The molecule has 2 heterocycles. The summed E-state index contributed by atoms with van der Waals surface area (Å²) in [6.07, 6.45) is -2.52. The normalized spacial score (nSPS) is 18.9. The third-order valence-corrected chi connectivity index (χ3v) is 4.87. The van der Waals surface area contributed by atoms with Gasteiger partial charge in [-0.2, -0.15) is 13.2 Å². The van der Waals surface area contributed by atoms with E-state index in [1.165, 1.54) is 9.78 Å². The molecule has 0 aromatic carbocycles. The maximum absolute atomic E-state index is 12.2. The molecular weight excluding hydrogens is 341 g/mol. The van der Waals surface area contributed by atoms with Crippen molar-refractivity contribution in [2.45, 2.75) is 31.6 Å². The topological polar surface area (TPSA) is 15.3 Å². The number of likely N-dealkylation sites (tertiary alicyclic amines) is 1. The van der Waals surface area contributed by atoms with Gasteiger partial charge in [-0.3, -0.25) is 4.90 Å². The van der Waals surface area contributed by atoms with Crippen LogP contribution in [0, 0.1) is 0 Å². The highest BCUT2D eigenvalue weighted by Crippen LogP contribution is 2.22. The second-order valence-corrected chi connectivity index (χ2v) is 6.69. The number of hydrogen-bond donors (Lipinski definition) is 1. The Hall–Kier alpha value is -0.110. The minimum absolute atomic E-state index is 0.324. The Labute approximate surface area is 123 Å². The van der Waals surface area contributed by atoms with E-state index in [2.05, 4.69) is 27.3 Å². The molecule has 1 fully saturated rings. The second-order valence-electron chi connectivity index (χ2n) is 4.78. The Kier molecular flexibility index (Phi) is 5.28. The molecule has 108 valence electrons. The van der Waals surface area contributed by atoms with E-state index >= 15 is 0 Å². The molecule has 1 aromatic rings. The van der Waals surface area contributed by atoms with Gasteiger partial charge in [-0.25, -0.2) is 0 Å². The van der Waals surface area contributed by atoms with Crippen molar-refractivity contribution >= 4 is 27.3 Å². The van der Waals surface area contributed by atoms with Crippen LogP contribution >= 0.6 is 27.3 Å². The maximum atomic E-state index is 12.2. The van der Waals surface area contributed by atoms with Gasteiger partial charge in [0, 0.05) is 27.3 Å². The Bertz CT molecular complexity index is 400. The van der Waals surface area contributed by atoms with Crippen molar-refractivity contribution in [1.82, 2.24) is 10.2 Å². The molecule has 0 radical (unpaired) electrons. The smallest absolute Gasteiger partial charge is 0.309 e. The fourth-order valence-electron chi connectivity index (χ4n) is 2.24. The van der Waals surface area contributed by atoms with Crippen molar-refractivity contribution in [2.75, 3.05) is 19.6 Å². The van der Waals surface area contributed by atoms with Crippen molar-refractivity contribution in [3.63, 3.8) is 0 Å². The van der Waals surface area contributed by atoms with Crippen LogP contribution in [0.5, 0.6) is 0 Å². The van der Waals surface area contributed by atoms with Gasteiger partial charge in [-0.1, -0.05) is 0 Å². The molecule has 1 aliphatic heterocycles. The van der Waals surface area contributed by atoms with E-state index in [-0.39, 0.29) is 0 Å². The van der Waals surface area contributed by atoms with Crippen LogP contribution in [0.4, 0.5) is 13.2 Å². The van der Waals surface area contributed by atoms with Gasteiger partial charge in [0.15, 0.2) is 0 Å². The second kappa shape index (κ2) is 6.56. The molecule has 7 heteroatoms. The average Bonchev–Trinajstić information content (AvgIpc) is 2.72. The predicted molar refractivity (Wildman–Crippen MR) is 74.4 cm³/mol. The SMILES string of the molecule is FC(F)(F)CN1CCC(NCc2cc(Br)cs2)CC1. The molecule has 0 saturated carbocycles. The van der Waals surface area contributed by atoms with Crippen LogP contribution in [0.2, 0.25) is 0 Å². The number of halogens is 4. The molecule has 0 unspecified atom stereocenters. The van der Waals surface area contributed by atoms with Crippen molar-refractivity contribution in [1.29, 1.82) is 0 Å². The zero-order valence-corrected chi connectivity index (χ0v) is 12.7. The van der Waals surface area contributed by atoms with E-state index in [0.717, 1.165) is 23.9 Å². The quantitative estimate of drug-likeness (QED) is 0.886. The largest absolute Gasteiger partial charge is 0.401 e. The molecule has 2 nitrogen and oxygen atoms in total. The van der Waals surface area contributed by atoms with Crippen molar-refractivity contribution < 1.29 is 13.2 Å². The summed E-state index contributed by atoms with van der Waals surface area (Å²) < 4.78 is 37.8. The first-order chi connectivity index (χ1) is 8.92. The van der Waals surface area contributed by atoms with E-state index in [1.807, 2.05) is 5.38 Å². The first-order valence-corrected chi connectivity index (χ1v) is 7.85. The van der Waals surface area contributed by atoms with E-state index in [4.69, 9.17) is 0 Å². The third kappa shape index (κ3) is 5.41. The molecule has 1 aromatic heterocycles. The highest BCUT2D eigenvalue weighted by Gasteiger charge is 2.32. The predicted octanol–water partition coefficient (Wildman–Crippen LogP) is 3.63. The van der Waals surface area contributed by atoms with Crippen LogP contribution in [0.15, 0.2) is 15.9 Å². The first kappa shape index (κ1) is 15.3.